The Morgan fingerprint density at radius 3 is 2.35 bits per heavy atom. The number of nitrogens with zero attached hydrogens (tertiary/aromatic N) is 1. The van der Waals surface area contributed by atoms with Crippen LogP contribution < -0.4 is 11.1 Å². The summed E-state index contributed by atoms with van der Waals surface area (Å²) in [6, 6.07) is 10.6. The zero-order chi connectivity index (χ0) is 18.4. The monoisotopic (exact) mass is 357 g/mol. The highest BCUT2D eigenvalue weighted by molar-refractivity contribution is 5.78. The Balaban J connectivity index is 1.49. The van der Waals surface area contributed by atoms with Gasteiger partial charge in [0.2, 0.25) is 11.8 Å². The molecule has 1 heterocycles. The second-order valence-electron chi connectivity index (χ2n) is 7.82. The maximum atomic E-state index is 12.4. The van der Waals surface area contributed by atoms with Gasteiger partial charge in [-0.2, -0.15) is 0 Å². The first-order chi connectivity index (χ1) is 12.6. The highest BCUT2D eigenvalue weighted by Gasteiger charge is 2.27. The van der Waals surface area contributed by atoms with Crippen LogP contribution >= 0.6 is 0 Å². The Kier molecular flexibility index (Phi) is 6.67. The molecule has 0 spiro atoms. The topological polar surface area (TPSA) is 75.4 Å². The smallest absolute Gasteiger partial charge is 0.234 e. The van der Waals surface area contributed by atoms with Crippen LogP contribution in [-0.4, -0.2) is 42.9 Å². The van der Waals surface area contributed by atoms with Crippen molar-refractivity contribution in [1.82, 2.24) is 10.2 Å². The van der Waals surface area contributed by atoms with E-state index in [0.29, 0.717) is 24.9 Å². The van der Waals surface area contributed by atoms with E-state index in [2.05, 4.69) is 34.5 Å². The number of hydrogen-bond donors (Lipinski definition) is 2. The van der Waals surface area contributed by atoms with E-state index in [-0.39, 0.29) is 17.7 Å². The number of likely N-dealkylation sites (tertiary alicyclic amines) is 1. The molecule has 3 N–H and O–H groups in total. The van der Waals surface area contributed by atoms with E-state index in [9.17, 15) is 9.59 Å². The molecular formula is C21H31N3O2. The number of amides is 2. The van der Waals surface area contributed by atoms with E-state index in [1.807, 2.05) is 6.07 Å². The lowest BCUT2D eigenvalue weighted by Gasteiger charge is -2.30. The van der Waals surface area contributed by atoms with Crippen LogP contribution in [0.3, 0.4) is 0 Å². The predicted molar refractivity (Wildman–Crippen MR) is 103 cm³/mol. The Hall–Kier alpha value is -1.88. The van der Waals surface area contributed by atoms with Crippen molar-refractivity contribution >= 4 is 11.8 Å². The molecule has 1 unspecified atom stereocenters. The third-order valence-electron chi connectivity index (χ3n) is 6.07. The van der Waals surface area contributed by atoms with E-state index in [0.717, 1.165) is 25.9 Å². The van der Waals surface area contributed by atoms with Gasteiger partial charge in [0.1, 0.15) is 0 Å². The van der Waals surface area contributed by atoms with Crippen molar-refractivity contribution in [3.05, 3.63) is 35.9 Å². The SMILES string of the molecule is NC(=O)C1CCN(CC(=O)NCC(c2ccccc2)C2CCCC2)CC1. The molecule has 2 fully saturated rings. The molecule has 1 saturated heterocycles. The van der Waals surface area contributed by atoms with Crippen LogP contribution in [0, 0.1) is 11.8 Å². The van der Waals surface area contributed by atoms with Crippen molar-refractivity contribution in [1.29, 1.82) is 0 Å². The summed E-state index contributed by atoms with van der Waals surface area (Å²) >= 11 is 0. The zero-order valence-electron chi connectivity index (χ0n) is 15.5. The van der Waals surface area contributed by atoms with Gasteiger partial charge in [-0.25, -0.2) is 0 Å². The normalized spacial score (nSPS) is 20.8. The Labute approximate surface area is 156 Å². The van der Waals surface area contributed by atoms with Crippen molar-refractivity contribution in [2.45, 2.75) is 44.4 Å². The predicted octanol–water partition coefficient (Wildman–Crippen LogP) is 2.27. The lowest BCUT2D eigenvalue weighted by molar-refractivity contribution is -0.124. The standard InChI is InChI=1S/C21H31N3O2/c22-21(26)18-10-12-24(13-11-18)15-20(25)23-14-19(17-8-4-5-9-17)16-6-2-1-3-7-16/h1-3,6-7,17-19H,4-5,8-15H2,(H2,22,26)(H,23,25). The molecular weight excluding hydrogens is 326 g/mol. The fourth-order valence-corrected chi connectivity index (χ4v) is 4.48. The molecule has 3 rings (SSSR count). The number of nitrogens with one attached hydrogen (secondary N) is 1. The van der Waals surface area contributed by atoms with Gasteiger partial charge in [-0.3, -0.25) is 14.5 Å². The number of rotatable bonds is 7. The minimum absolute atomic E-state index is 0.0286. The summed E-state index contributed by atoms with van der Waals surface area (Å²) in [7, 11) is 0. The van der Waals surface area contributed by atoms with E-state index in [4.69, 9.17) is 5.73 Å². The van der Waals surface area contributed by atoms with Crippen LogP contribution in [-0.2, 0) is 9.59 Å². The van der Waals surface area contributed by atoms with Gasteiger partial charge in [-0.05, 0) is 50.3 Å². The summed E-state index contributed by atoms with van der Waals surface area (Å²) in [6.45, 7) is 2.67. The molecule has 1 saturated carbocycles. The van der Waals surface area contributed by atoms with Crippen LogP contribution in [0.5, 0.6) is 0 Å². The lowest BCUT2D eigenvalue weighted by atomic mass is 9.85. The highest BCUT2D eigenvalue weighted by atomic mass is 16.2. The number of primary amides is 1. The molecule has 0 aromatic heterocycles. The van der Waals surface area contributed by atoms with Gasteiger partial charge < -0.3 is 11.1 Å². The summed E-state index contributed by atoms with van der Waals surface area (Å²) < 4.78 is 0. The van der Waals surface area contributed by atoms with Crippen molar-refractivity contribution < 1.29 is 9.59 Å². The van der Waals surface area contributed by atoms with Crippen LogP contribution in [0.2, 0.25) is 0 Å². The van der Waals surface area contributed by atoms with Crippen molar-refractivity contribution in [2.24, 2.45) is 17.6 Å². The van der Waals surface area contributed by atoms with Crippen molar-refractivity contribution in [3.63, 3.8) is 0 Å². The molecule has 2 amide bonds. The molecule has 142 valence electrons. The Morgan fingerprint density at radius 2 is 1.73 bits per heavy atom. The van der Waals surface area contributed by atoms with Crippen molar-refractivity contribution in [2.75, 3.05) is 26.2 Å². The number of nitrogens with two attached hydrogens (primary N) is 1. The lowest BCUT2D eigenvalue weighted by Crippen LogP contribution is -2.44. The van der Waals surface area contributed by atoms with Gasteiger partial charge in [-0.15, -0.1) is 0 Å². The highest BCUT2D eigenvalue weighted by Crippen LogP contribution is 2.36. The molecule has 1 aliphatic heterocycles. The molecule has 5 heteroatoms. The molecule has 0 radical (unpaired) electrons. The first-order valence-electron chi connectivity index (χ1n) is 9.97. The first kappa shape index (κ1) is 18.9. The summed E-state index contributed by atoms with van der Waals surface area (Å²) in [4.78, 5) is 25.8. The molecule has 0 bridgehead atoms. The van der Waals surface area contributed by atoms with Crippen LogP contribution in [0.1, 0.15) is 50.0 Å². The number of piperidine rings is 1. The molecule has 1 aliphatic carbocycles. The number of carbonyl (C=O) groups excluding carboxylic acids is 2. The Morgan fingerprint density at radius 1 is 1.08 bits per heavy atom. The van der Waals surface area contributed by atoms with E-state index in [1.165, 1.54) is 31.2 Å². The largest absolute Gasteiger partial charge is 0.369 e. The average Bonchev–Trinajstić information content (AvgIpc) is 3.17. The molecule has 5 nitrogen and oxygen atoms in total. The number of benzene rings is 1. The van der Waals surface area contributed by atoms with E-state index in [1.54, 1.807) is 0 Å². The van der Waals surface area contributed by atoms with E-state index < -0.39 is 0 Å². The van der Waals surface area contributed by atoms with Crippen LogP contribution in [0.25, 0.3) is 0 Å². The molecule has 2 aliphatic rings. The second kappa shape index (κ2) is 9.17. The van der Waals surface area contributed by atoms with Gasteiger partial charge in [-0.1, -0.05) is 43.2 Å². The molecule has 1 atom stereocenters. The number of hydrogen-bond acceptors (Lipinski definition) is 3. The van der Waals surface area contributed by atoms with Gasteiger partial charge >= 0.3 is 0 Å². The van der Waals surface area contributed by atoms with Gasteiger partial charge in [0.05, 0.1) is 6.54 Å². The molecule has 26 heavy (non-hydrogen) atoms. The summed E-state index contributed by atoms with van der Waals surface area (Å²) in [5.41, 5.74) is 6.71. The minimum atomic E-state index is -0.212. The third kappa shape index (κ3) is 5.07. The maximum absolute atomic E-state index is 12.4. The quantitative estimate of drug-likeness (QED) is 0.786. The Bertz CT molecular complexity index is 591. The van der Waals surface area contributed by atoms with Gasteiger partial charge in [0.25, 0.3) is 0 Å². The minimum Gasteiger partial charge on any atom is -0.369 e. The summed E-state index contributed by atoms with van der Waals surface area (Å²) in [6.07, 6.45) is 6.65. The van der Waals surface area contributed by atoms with Gasteiger partial charge in [0, 0.05) is 18.4 Å². The molecule has 1 aromatic carbocycles. The second-order valence-corrected chi connectivity index (χ2v) is 7.82. The van der Waals surface area contributed by atoms with Crippen LogP contribution in [0.15, 0.2) is 30.3 Å². The number of carbonyl (C=O) groups is 2. The third-order valence-corrected chi connectivity index (χ3v) is 6.07. The zero-order valence-corrected chi connectivity index (χ0v) is 15.5. The maximum Gasteiger partial charge on any atom is 0.234 e. The average molecular weight is 357 g/mol. The first-order valence-corrected chi connectivity index (χ1v) is 9.97. The van der Waals surface area contributed by atoms with E-state index >= 15 is 0 Å². The fourth-order valence-electron chi connectivity index (χ4n) is 4.48. The molecule has 1 aromatic rings. The summed E-state index contributed by atoms with van der Waals surface area (Å²) in [5, 5.41) is 3.17. The van der Waals surface area contributed by atoms with Crippen LogP contribution in [0.4, 0.5) is 0 Å². The summed E-state index contributed by atoms with van der Waals surface area (Å²) in [5.74, 6) is 0.921. The van der Waals surface area contributed by atoms with Gasteiger partial charge in [0.15, 0.2) is 0 Å². The van der Waals surface area contributed by atoms with Crippen molar-refractivity contribution in [3.8, 4) is 0 Å². The fraction of sp³-hybridized carbons (Fsp3) is 0.619.